The van der Waals surface area contributed by atoms with Crippen molar-refractivity contribution >= 4 is 5.91 Å². The van der Waals surface area contributed by atoms with Crippen molar-refractivity contribution in [3.63, 3.8) is 0 Å². The zero-order valence-electron chi connectivity index (χ0n) is 7.29. The summed E-state index contributed by atoms with van der Waals surface area (Å²) in [6.45, 7) is 1.01. The SMILES string of the molecule is NC[C@H]1C(=O)NCc2ccccc21. The van der Waals surface area contributed by atoms with Crippen LogP contribution in [0.15, 0.2) is 24.3 Å². The van der Waals surface area contributed by atoms with Crippen LogP contribution in [0.25, 0.3) is 0 Å². The lowest BCUT2D eigenvalue weighted by Gasteiger charge is -2.23. The molecule has 0 saturated carbocycles. The number of nitrogens with two attached hydrogens (primary N) is 1. The Labute approximate surface area is 76.9 Å². The molecule has 3 N–H and O–H groups in total. The number of nitrogens with one attached hydrogen (secondary N) is 1. The standard InChI is InChI=1S/C10H12N2O/c11-5-9-8-4-2-1-3-7(8)6-12-10(9)13/h1-4,9H,5-6,11H2,(H,12,13)/t9-/m1/s1. The Bertz CT molecular complexity index is 335. The van der Waals surface area contributed by atoms with Gasteiger partial charge in [-0.15, -0.1) is 0 Å². The molecule has 0 radical (unpaired) electrons. The summed E-state index contributed by atoms with van der Waals surface area (Å²) in [5.74, 6) is -0.119. The number of carbonyl (C=O) groups excluding carboxylic acids is 1. The molecule has 0 saturated heterocycles. The van der Waals surface area contributed by atoms with Crippen LogP contribution in [-0.2, 0) is 11.3 Å². The Balaban J connectivity index is 2.45. The first-order valence-corrected chi connectivity index (χ1v) is 4.38. The number of carbonyl (C=O) groups is 1. The maximum absolute atomic E-state index is 11.4. The van der Waals surface area contributed by atoms with Gasteiger partial charge in [0.05, 0.1) is 5.92 Å². The molecule has 1 aliphatic rings. The zero-order valence-corrected chi connectivity index (χ0v) is 7.29. The molecule has 3 heteroatoms. The normalized spacial score (nSPS) is 20.7. The van der Waals surface area contributed by atoms with Gasteiger partial charge in [-0.1, -0.05) is 24.3 Å². The topological polar surface area (TPSA) is 55.1 Å². The summed E-state index contributed by atoms with van der Waals surface area (Å²) >= 11 is 0. The largest absolute Gasteiger partial charge is 0.351 e. The predicted octanol–water partition coefficient (Wildman–Crippen LogP) is 0.359. The highest BCUT2D eigenvalue weighted by Crippen LogP contribution is 2.23. The smallest absolute Gasteiger partial charge is 0.229 e. The highest BCUT2D eigenvalue weighted by atomic mass is 16.1. The molecular weight excluding hydrogens is 164 g/mol. The van der Waals surface area contributed by atoms with E-state index >= 15 is 0 Å². The number of amides is 1. The van der Waals surface area contributed by atoms with Crippen molar-refractivity contribution in [3.8, 4) is 0 Å². The van der Waals surface area contributed by atoms with Crippen molar-refractivity contribution in [2.75, 3.05) is 6.54 Å². The van der Waals surface area contributed by atoms with Crippen LogP contribution >= 0.6 is 0 Å². The molecule has 1 aromatic carbocycles. The van der Waals surface area contributed by atoms with Gasteiger partial charge in [0.15, 0.2) is 0 Å². The van der Waals surface area contributed by atoms with Crippen molar-refractivity contribution in [1.29, 1.82) is 0 Å². The van der Waals surface area contributed by atoms with E-state index in [4.69, 9.17) is 5.73 Å². The second kappa shape index (κ2) is 3.18. The Hall–Kier alpha value is -1.35. The van der Waals surface area contributed by atoms with Crippen molar-refractivity contribution in [2.45, 2.75) is 12.5 Å². The lowest BCUT2D eigenvalue weighted by Crippen LogP contribution is -2.37. The minimum absolute atomic E-state index is 0.0428. The van der Waals surface area contributed by atoms with Crippen LogP contribution in [0.4, 0.5) is 0 Å². The van der Waals surface area contributed by atoms with E-state index in [0.717, 1.165) is 5.56 Å². The monoisotopic (exact) mass is 176 g/mol. The zero-order chi connectivity index (χ0) is 9.26. The van der Waals surface area contributed by atoms with Crippen LogP contribution in [0.1, 0.15) is 17.0 Å². The molecule has 3 nitrogen and oxygen atoms in total. The number of benzene rings is 1. The number of rotatable bonds is 1. The second-order valence-corrected chi connectivity index (χ2v) is 3.20. The molecule has 0 aliphatic carbocycles. The summed E-state index contributed by atoms with van der Waals surface area (Å²) in [5, 5.41) is 2.82. The Morgan fingerprint density at radius 3 is 3.00 bits per heavy atom. The van der Waals surface area contributed by atoms with E-state index in [2.05, 4.69) is 5.32 Å². The van der Waals surface area contributed by atoms with E-state index in [0.29, 0.717) is 13.1 Å². The lowest BCUT2D eigenvalue weighted by atomic mass is 9.90. The fourth-order valence-electron chi connectivity index (χ4n) is 1.72. The number of fused-ring (bicyclic) bond motifs is 1. The van der Waals surface area contributed by atoms with Crippen molar-refractivity contribution < 1.29 is 4.79 Å². The maximum atomic E-state index is 11.4. The molecule has 1 amide bonds. The summed E-state index contributed by atoms with van der Waals surface area (Å²) < 4.78 is 0. The van der Waals surface area contributed by atoms with Gasteiger partial charge in [0.25, 0.3) is 0 Å². The fraction of sp³-hybridized carbons (Fsp3) is 0.300. The quantitative estimate of drug-likeness (QED) is 0.649. The van der Waals surface area contributed by atoms with Crippen molar-refractivity contribution in [3.05, 3.63) is 35.4 Å². The van der Waals surface area contributed by atoms with Gasteiger partial charge < -0.3 is 11.1 Å². The maximum Gasteiger partial charge on any atom is 0.229 e. The average molecular weight is 176 g/mol. The summed E-state index contributed by atoms with van der Waals surface area (Å²) in [6.07, 6.45) is 0. The molecule has 68 valence electrons. The van der Waals surface area contributed by atoms with Gasteiger partial charge in [-0.05, 0) is 11.1 Å². The van der Waals surface area contributed by atoms with E-state index in [9.17, 15) is 4.79 Å². The Morgan fingerprint density at radius 2 is 2.23 bits per heavy atom. The van der Waals surface area contributed by atoms with Crippen molar-refractivity contribution in [1.82, 2.24) is 5.32 Å². The minimum atomic E-state index is -0.162. The molecule has 1 atom stereocenters. The van der Waals surface area contributed by atoms with Gasteiger partial charge >= 0.3 is 0 Å². The minimum Gasteiger partial charge on any atom is -0.351 e. The predicted molar refractivity (Wildman–Crippen MR) is 50.1 cm³/mol. The van der Waals surface area contributed by atoms with Crippen molar-refractivity contribution in [2.24, 2.45) is 5.73 Å². The molecule has 2 rings (SSSR count). The van der Waals surface area contributed by atoms with Crippen LogP contribution in [-0.4, -0.2) is 12.5 Å². The lowest BCUT2D eigenvalue weighted by molar-refractivity contribution is -0.123. The summed E-state index contributed by atoms with van der Waals surface area (Å²) in [4.78, 5) is 11.4. The molecule has 1 aromatic rings. The first-order valence-electron chi connectivity index (χ1n) is 4.38. The van der Waals surface area contributed by atoms with E-state index in [1.807, 2.05) is 24.3 Å². The molecule has 1 heterocycles. The fourth-order valence-corrected chi connectivity index (χ4v) is 1.72. The highest BCUT2D eigenvalue weighted by molar-refractivity contribution is 5.85. The molecule has 13 heavy (non-hydrogen) atoms. The summed E-state index contributed by atoms with van der Waals surface area (Å²) in [6, 6.07) is 7.92. The van der Waals surface area contributed by atoms with E-state index < -0.39 is 0 Å². The van der Waals surface area contributed by atoms with Gasteiger partial charge in [-0.2, -0.15) is 0 Å². The highest BCUT2D eigenvalue weighted by Gasteiger charge is 2.25. The molecule has 1 aliphatic heterocycles. The van der Waals surface area contributed by atoms with E-state index in [1.165, 1.54) is 5.56 Å². The van der Waals surface area contributed by atoms with Gasteiger partial charge in [0.2, 0.25) is 5.91 Å². The third-order valence-electron chi connectivity index (χ3n) is 2.44. The molecule has 0 spiro atoms. The molecule has 0 unspecified atom stereocenters. The number of hydrogen-bond donors (Lipinski definition) is 2. The van der Waals surface area contributed by atoms with Crippen LogP contribution in [0, 0.1) is 0 Å². The third kappa shape index (κ3) is 1.31. The summed E-state index contributed by atoms with van der Waals surface area (Å²) in [7, 11) is 0. The Kier molecular flexibility index (Phi) is 2.02. The van der Waals surface area contributed by atoms with Crippen LogP contribution in [0.3, 0.4) is 0 Å². The van der Waals surface area contributed by atoms with E-state index in [1.54, 1.807) is 0 Å². The van der Waals surface area contributed by atoms with Crippen LogP contribution in [0.5, 0.6) is 0 Å². The molecule has 0 aromatic heterocycles. The first-order chi connectivity index (χ1) is 6.33. The molecular formula is C10H12N2O. The second-order valence-electron chi connectivity index (χ2n) is 3.20. The van der Waals surface area contributed by atoms with Gasteiger partial charge in [0.1, 0.15) is 0 Å². The third-order valence-corrected chi connectivity index (χ3v) is 2.44. The van der Waals surface area contributed by atoms with E-state index in [-0.39, 0.29) is 11.8 Å². The first kappa shape index (κ1) is 8.26. The molecule has 0 bridgehead atoms. The van der Waals surface area contributed by atoms with Gasteiger partial charge in [-0.3, -0.25) is 4.79 Å². The average Bonchev–Trinajstić information content (AvgIpc) is 2.18. The number of hydrogen-bond acceptors (Lipinski definition) is 2. The summed E-state index contributed by atoms with van der Waals surface area (Å²) in [5.41, 5.74) is 7.80. The Morgan fingerprint density at radius 1 is 1.46 bits per heavy atom. The van der Waals surface area contributed by atoms with Crippen LogP contribution < -0.4 is 11.1 Å². The van der Waals surface area contributed by atoms with Crippen LogP contribution in [0.2, 0.25) is 0 Å². The van der Waals surface area contributed by atoms with Gasteiger partial charge in [0, 0.05) is 13.1 Å². The molecule has 0 fully saturated rings. The van der Waals surface area contributed by atoms with Gasteiger partial charge in [-0.25, -0.2) is 0 Å².